The number of aliphatic hydroxyl groups is 1. The fourth-order valence-electron chi connectivity index (χ4n) is 2.59. The van der Waals surface area contributed by atoms with Crippen LogP contribution in [-0.2, 0) is 6.54 Å². The maximum Gasteiger partial charge on any atom is 0.146 e. The predicted octanol–water partition coefficient (Wildman–Crippen LogP) is 3.26. The molecule has 0 aromatic heterocycles. The molecule has 0 heterocycles. The highest BCUT2D eigenvalue weighted by Gasteiger charge is 2.30. The van der Waals surface area contributed by atoms with Crippen LogP contribution in [0.1, 0.15) is 37.7 Å². The molecule has 1 aromatic carbocycles. The summed E-state index contributed by atoms with van der Waals surface area (Å²) in [5, 5.41) is 13.0. The van der Waals surface area contributed by atoms with Gasteiger partial charge in [-0.1, -0.05) is 43.0 Å². The zero-order valence-electron chi connectivity index (χ0n) is 10.4. The topological polar surface area (TPSA) is 32.3 Å². The largest absolute Gasteiger partial charge is 0.394 e. The zero-order chi connectivity index (χ0) is 13.0. The second kappa shape index (κ2) is 6.00. The van der Waals surface area contributed by atoms with E-state index in [9.17, 15) is 9.50 Å². The van der Waals surface area contributed by atoms with Crippen LogP contribution in [-0.4, -0.2) is 17.3 Å². The Balaban J connectivity index is 2.03. The number of benzene rings is 1. The third-order valence-corrected chi connectivity index (χ3v) is 4.09. The van der Waals surface area contributed by atoms with Crippen LogP contribution in [0.25, 0.3) is 0 Å². The lowest BCUT2D eigenvalue weighted by atomic mass is 9.82. The summed E-state index contributed by atoms with van der Waals surface area (Å²) >= 11 is 5.75. The van der Waals surface area contributed by atoms with Gasteiger partial charge in [0.2, 0.25) is 0 Å². The van der Waals surface area contributed by atoms with Crippen LogP contribution in [0.2, 0.25) is 5.02 Å². The van der Waals surface area contributed by atoms with Gasteiger partial charge in [0.15, 0.2) is 0 Å². The van der Waals surface area contributed by atoms with Crippen LogP contribution < -0.4 is 5.32 Å². The quantitative estimate of drug-likeness (QED) is 0.881. The molecule has 1 aliphatic rings. The van der Waals surface area contributed by atoms with Crippen molar-refractivity contribution in [3.05, 3.63) is 34.6 Å². The van der Waals surface area contributed by atoms with Crippen molar-refractivity contribution in [3.8, 4) is 0 Å². The number of hydrogen-bond acceptors (Lipinski definition) is 2. The van der Waals surface area contributed by atoms with Crippen LogP contribution in [0.15, 0.2) is 18.2 Å². The Morgan fingerprint density at radius 3 is 2.67 bits per heavy atom. The summed E-state index contributed by atoms with van der Waals surface area (Å²) in [5.41, 5.74) is 0.313. The minimum Gasteiger partial charge on any atom is -0.394 e. The Bertz CT molecular complexity index is 405. The second-order valence-corrected chi connectivity index (χ2v) is 5.47. The summed E-state index contributed by atoms with van der Waals surface area (Å²) in [7, 11) is 0. The van der Waals surface area contributed by atoms with Crippen molar-refractivity contribution >= 4 is 11.6 Å². The maximum atomic E-state index is 13.8. The molecule has 0 aliphatic heterocycles. The average Bonchev–Trinajstić information content (AvgIpc) is 2.41. The van der Waals surface area contributed by atoms with Gasteiger partial charge in [0.25, 0.3) is 0 Å². The first-order valence-corrected chi connectivity index (χ1v) is 6.83. The SMILES string of the molecule is OCC1(NCc2cccc(Cl)c2F)CCCCC1. The van der Waals surface area contributed by atoms with E-state index < -0.39 is 0 Å². The second-order valence-electron chi connectivity index (χ2n) is 5.07. The Labute approximate surface area is 112 Å². The number of halogens is 2. The number of nitrogens with one attached hydrogen (secondary N) is 1. The van der Waals surface area contributed by atoms with E-state index in [2.05, 4.69) is 5.32 Å². The molecule has 1 aliphatic carbocycles. The van der Waals surface area contributed by atoms with Gasteiger partial charge in [-0.3, -0.25) is 0 Å². The molecule has 0 bridgehead atoms. The third kappa shape index (κ3) is 3.02. The lowest BCUT2D eigenvalue weighted by Crippen LogP contribution is -2.49. The summed E-state index contributed by atoms with van der Waals surface area (Å²) in [6.07, 6.45) is 5.35. The molecule has 2 N–H and O–H groups in total. The molecule has 0 amide bonds. The van der Waals surface area contributed by atoms with Gasteiger partial charge in [-0.05, 0) is 18.9 Å². The average molecular weight is 272 g/mol. The summed E-state index contributed by atoms with van der Waals surface area (Å²) in [6.45, 7) is 0.516. The van der Waals surface area contributed by atoms with E-state index >= 15 is 0 Å². The van der Waals surface area contributed by atoms with Crippen molar-refractivity contribution in [1.82, 2.24) is 5.32 Å². The van der Waals surface area contributed by atoms with Crippen LogP contribution >= 0.6 is 11.6 Å². The molecule has 18 heavy (non-hydrogen) atoms. The standard InChI is InChI=1S/C14H19ClFNO/c15-12-6-4-5-11(13(12)16)9-17-14(10-18)7-2-1-3-8-14/h4-6,17-18H,1-3,7-10H2. The highest BCUT2D eigenvalue weighted by molar-refractivity contribution is 6.30. The molecule has 2 nitrogen and oxygen atoms in total. The van der Waals surface area contributed by atoms with E-state index in [0.29, 0.717) is 12.1 Å². The van der Waals surface area contributed by atoms with Gasteiger partial charge in [0, 0.05) is 17.6 Å². The highest BCUT2D eigenvalue weighted by atomic mass is 35.5. The first-order chi connectivity index (χ1) is 8.67. The monoisotopic (exact) mass is 271 g/mol. The van der Waals surface area contributed by atoms with E-state index in [4.69, 9.17) is 11.6 Å². The molecule has 0 spiro atoms. The molecule has 1 saturated carbocycles. The molecular weight excluding hydrogens is 253 g/mol. The number of rotatable bonds is 4. The van der Waals surface area contributed by atoms with Crippen molar-refractivity contribution < 1.29 is 9.50 Å². The van der Waals surface area contributed by atoms with Gasteiger partial charge in [-0.15, -0.1) is 0 Å². The lowest BCUT2D eigenvalue weighted by molar-refractivity contribution is 0.119. The molecule has 0 atom stereocenters. The van der Waals surface area contributed by atoms with Crippen LogP contribution in [0.5, 0.6) is 0 Å². The fraction of sp³-hybridized carbons (Fsp3) is 0.571. The zero-order valence-corrected chi connectivity index (χ0v) is 11.1. The molecule has 2 rings (SSSR count). The van der Waals surface area contributed by atoms with Gasteiger partial charge in [0.1, 0.15) is 5.82 Å². The molecule has 4 heteroatoms. The van der Waals surface area contributed by atoms with Gasteiger partial charge >= 0.3 is 0 Å². The normalized spacial score (nSPS) is 18.8. The van der Waals surface area contributed by atoms with Crippen molar-refractivity contribution in [3.63, 3.8) is 0 Å². The Hall–Kier alpha value is -0.640. The molecule has 1 fully saturated rings. The molecule has 0 unspecified atom stereocenters. The summed E-state index contributed by atoms with van der Waals surface area (Å²) in [5.74, 6) is -0.365. The van der Waals surface area contributed by atoms with Gasteiger partial charge in [-0.25, -0.2) is 4.39 Å². The minimum atomic E-state index is -0.365. The van der Waals surface area contributed by atoms with Crippen LogP contribution in [0, 0.1) is 5.82 Å². The van der Waals surface area contributed by atoms with Gasteiger partial charge in [0.05, 0.1) is 11.6 Å². The third-order valence-electron chi connectivity index (χ3n) is 3.80. The van der Waals surface area contributed by atoms with E-state index in [1.807, 2.05) is 0 Å². The Morgan fingerprint density at radius 1 is 1.28 bits per heavy atom. The predicted molar refractivity (Wildman–Crippen MR) is 71.2 cm³/mol. The van der Waals surface area contributed by atoms with Crippen LogP contribution in [0.4, 0.5) is 4.39 Å². The van der Waals surface area contributed by atoms with Crippen molar-refractivity contribution in [2.75, 3.05) is 6.61 Å². The van der Waals surface area contributed by atoms with E-state index in [0.717, 1.165) is 25.7 Å². The van der Waals surface area contributed by atoms with E-state index in [1.54, 1.807) is 18.2 Å². The Kier molecular flexibility index (Phi) is 4.60. The summed E-state index contributed by atoms with van der Waals surface area (Å²) < 4.78 is 13.8. The van der Waals surface area contributed by atoms with E-state index in [1.165, 1.54) is 6.42 Å². The molecule has 100 valence electrons. The highest BCUT2D eigenvalue weighted by Crippen LogP contribution is 2.28. The maximum absolute atomic E-state index is 13.8. The molecule has 0 saturated heterocycles. The number of hydrogen-bond donors (Lipinski definition) is 2. The first-order valence-electron chi connectivity index (χ1n) is 6.46. The van der Waals surface area contributed by atoms with Crippen molar-refractivity contribution in [1.29, 1.82) is 0 Å². The van der Waals surface area contributed by atoms with Gasteiger partial charge < -0.3 is 10.4 Å². The van der Waals surface area contributed by atoms with E-state index in [-0.39, 0.29) is 23.0 Å². The minimum absolute atomic E-state index is 0.106. The van der Waals surface area contributed by atoms with Crippen molar-refractivity contribution in [2.45, 2.75) is 44.2 Å². The van der Waals surface area contributed by atoms with Gasteiger partial charge in [-0.2, -0.15) is 0 Å². The van der Waals surface area contributed by atoms with Crippen LogP contribution in [0.3, 0.4) is 0 Å². The fourth-order valence-corrected chi connectivity index (χ4v) is 2.78. The Morgan fingerprint density at radius 2 is 2.00 bits per heavy atom. The lowest BCUT2D eigenvalue weighted by Gasteiger charge is -2.36. The smallest absolute Gasteiger partial charge is 0.146 e. The van der Waals surface area contributed by atoms with Crippen molar-refractivity contribution in [2.24, 2.45) is 0 Å². The molecule has 0 radical (unpaired) electrons. The first kappa shape index (κ1) is 13.8. The summed E-state index contributed by atoms with van der Waals surface area (Å²) in [6, 6.07) is 5.01. The summed E-state index contributed by atoms with van der Waals surface area (Å²) in [4.78, 5) is 0. The number of aliphatic hydroxyl groups excluding tert-OH is 1. The molecular formula is C14H19ClFNO. The molecule has 1 aromatic rings.